The molecule has 0 heterocycles. The van der Waals surface area contributed by atoms with E-state index in [1.807, 2.05) is 0 Å². The lowest BCUT2D eigenvalue weighted by molar-refractivity contribution is 0.291. The van der Waals surface area contributed by atoms with Crippen LogP contribution < -0.4 is 0 Å². The molecule has 0 fully saturated rings. The summed E-state index contributed by atoms with van der Waals surface area (Å²) in [5, 5.41) is 0. The van der Waals surface area contributed by atoms with E-state index in [1.54, 1.807) is 0 Å². The molecule has 0 aliphatic heterocycles. The van der Waals surface area contributed by atoms with Crippen molar-refractivity contribution in [3.8, 4) is 0 Å². The fourth-order valence-corrected chi connectivity index (χ4v) is 3.03. The average molecular weight is 255 g/mol. The van der Waals surface area contributed by atoms with Crippen LogP contribution in [0.25, 0.3) is 0 Å². The molecule has 0 rings (SSSR count). The third kappa shape index (κ3) is 9.97. The van der Waals surface area contributed by atoms with Gasteiger partial charge >= 0.3 is 0 Å². The van der Waals surface area contributed by atoms with Crippen molar-refractivity contribution in [3.63, 3.8) is 0 Å². The third-order valence-electron chi connectivity index (χ3n) is 4.52. The maximum absolute atomic E-state index is 2.49. The number of hydrogen-bond donors (Lipinski definition) is 0. The first kappa shape index (κ1) is 18.0. The van der Waals surface area contributed by atoms with Crippen LogP contribution in [0.3, 0.4) is 0 Å². The normalized spacial score (nSPS) is 14.7. The van der Waals surface area contributed by atoms with Crippen molar-refractivity contribution >= 4 is 0 Å². The van der Waals surface area contributed by atoms with Crippen LogP contribution in [-0.2, 0) is 0 Å². The van der Waals surface area contributed by atoms with E-state index in [9.17, 15) is 0 Å². The lowest BCUT2D eigenvalue weighted by atomic mass is 9.83. The molecule has 0 bridgehead atoms. The number of hydrogen-bond acceptors (Lipinski definition) is 0. The van der Waals surface area contributed by atoms with E-state index in [0.717, 1.165) is 11.8 Å². The Bertz CT molecular complexity index is 150. The van der Waals surface area contributed by atoms with Gasteiger partial charge in [0.1, 0.15) is 0 Å². The second kappa shape index (κ2) is 13.4. The van der Waals surface area contributed by atoms with Gasteiger partial charge in [0.25, 0.3) is 0 Å². The molecule has 0 aromatic rings. The van der Waals surface area contributed by atoms with Gasteiger partial charge in [0, 0.05) is 0 Å². The topological polar surface area (TPSA) is 0 Å². The first-order valence-corrected chi connectivity index (χ1v) is 8.76. The molecule has 0 N–H and O–H groups in total. The lowest BCUT2D eigenvalue weighted by Gasteiger charge is -2.22. The highest BCUT2D eigenvalue weighted by Gasteiger charge is 2.14. The van der Waals surface area contributed by atoms with Crippen LogP contribution in [-0.4, -0.2) is 0 Å². The van der Waals surface area contributed by atoms with Gasteiger partial charge in [-0.05, 0) is 11.8 Å². The standard InChI is InChI=1S/C18H38/c1-5-8-10-12-14-16-18(7-3)17(4)15-13-11-9-6-2/h17-18H,5-16H2,1-4H3. The monoisotopic (exact) mass is 254 g/mol. The summed E-state index contributed by atoms with van der Waals surface area (Å²) >= 11 is 0. The molecule has 0 radical (unpaired) electrons. The minimum Gasteiger partial charge on any atom is -0.0654 e. The van der Waals surface area contributed by atoms with Crippen molar-refractivity contribution in [1.29, 1.82) is 0 Å². The van der Waals surface area contributed by atoms with E-state index in [0.29, 0.717) is 0 Å². The molecule has 110 valence electrons. The van der Waals surface area contributed by atoms with Crippen LogP contribution in [0.15, 0.2) is 0 Å². The minimum absolute atomic E-state index is 0.957. The van der Waals surface area contributed by atoms with Crippen molar-refractivity contribution in [2.24, 2.45) is 11.8 Å². The molecular weight excluding hydrogens is 216 g/mol. The van der Waals surface area contributed by atoms with E-state index in [1.165, 1.54) is 77.0 Å². The highest BCUT2D eigenvalue weighted by molar-refractivity contribution is 4.66. The molecule has 0 nitrogen and oxygen atoms in total. The zero-order valence-electron chi connectivity index (χ0n) is 13.6. The van der Waals surface area contributed by atoms with Crippen LogP contribution in [0, 0.1) is 11.8 Å². The lowest BCUT2D eigenvalue weighted by Crippen LogP contribution is -2.11. The largest absolute Gasteiger partial charge is 0.0654 e. The molecule has 0 aliphatic rings. The summed E-state index contributed by atoms with van der Waals surface area (Å²) < 4.78 is 0. The molecule has 2 atom stereocenters. The SMILES string of the molecule is CCCCCCCC(CC)C(C)CCCCCC. The van der Waals surface area contributed by atoms with Gasteiger partial charge in [-0.25, -0.2) is 0 Å². The second-order valence-electron chi connectivity index (χ2n) is 6.20. The zero-order chi connectivity index (χ0) is 13.6. The Morgan fingerprint density at radius 1 is 0.611 bits per heavy atom. The summed E-state index contributed by atoms with van der Waals surface area (Å²) in [5.41, 5.74) is 0. The van der Waals surface area contributed by atoms with Crippen molar-refractivity contribution in [2.75, 3.05) is 0 Å². The molecule has 0 aromatic carbocycles. The molecule has 18 heavy (non-hydrogen) atoms. The quantitative estimate of drug-likeness (QED) is 0.311. The molecular formula is C18H38. The smallest absolute Gasteiger partial charge is 0.0391 e. The average Bonchev–Trinajstić information content (AvgIpc) is 2.39. The van der Waals surface area contributed by atoms with Gasteiger partial charge in [-0.3, -0.25) is 0 Å². The fraction of sp³-hybridized carbons (Fsp3) is 1.00. The molecule has 0 saturated heterocycles. The number of unbranched alkanes of at least 4 members (excludes halogenated alkanes) is 7. The Labute approximate surface area is 117 Å². The van der Waals surface area contributed by atoms with E-state index in [2.05, 4.69) is 27.7 Å². The van der Waals surface area contributed by atoms with Crippen molar-refractivity contribution in [1.82, 2.24) is 0 Å². The van der Waals surface area contributed by atoms with Gasteiger partial charge in [0.15, 0.2) is 0 Å². The maximum Gasteiger partial charge on any atom is -0.0391 e. The van der Waals surface area contributed by atoms with Gasteiger partial charge in [-0.15, -0.1) is 0 Å². The summed E-state index contributed by atoms with van der Waals surface area (Å²) in [7, 11) is 0. The Kier molecular flexibility index (Phi) is 13.4. The van der Waals surface area contributed by atoms with Crippen LogP contribution >= 0.6 is 0 Å². The maximum atomic E-state index is 2.49. The molecule has 0 aliphatic carbocycles. The van der Waals surface area contributed by atoms with Crippen LogP contribution in [0.4, 0.5) is 0 Å². The molecule has 0 heteroatoms. The van der Waals surface area contributed by atoms with Crippen LogP contribution in [0.5, 0.6) is 0 Å². The van der Waals surface area contributed by atoms with Gasteiger partial charge in [-0.1, -0.05) is 105 Å². The van der Waals surface area contributed by atoms with E-state index in [-0.39, 0.29) is 0 Å². The molecule has 0 aromatic heterocycles. The van der Waals surface area contributed by atoms with Crippen molar-refractivity contribution in [3.05, 3.63) is 0 Å². The Morgan fingerprint density at radius 3 is 1.67 bits per heavy atom. The predicted octanol–water partition coefficient (Wildman–Crippen LogP) is 6.98. The predicted molar refractivity (Wildman–Crippen MR) is 85.1 cm³/mol. The molecule has 0 spiro atoms. The van der Waals surface area contributed by atoms with Crippen LogP contribution in [0.1, 0.15) is 105 Å². The fourth-order valence-electron chi connectivity index (χ4n) is 3.03. The summed E-state index contributed by atoms with van der Waals surface area (Å²) in [4.78, 5) is 0. The first-order chi connectivity index (χ1) is 8.76. The van der Waals surface area contributed by atoms with Gasteiger partial charge in [0.2, 0.25) is 0 Å². The third-order valence-corrected chi connectivity index (χ3v) is 4.52. The van der Waals surface area contributed by atoms with Crippen LogP contribution in [0.2, 0.25) is 0 Å². The van der Waals surface area contributed by atoms with E-state index in [4.69, 9.17) is 0 Å². The van der Waals surface area contributed by atoms with Crippen molar-refractivity contribution in [2.45, 2.75) is 105 Å². The Morgan fingerprint density at radius 2 is 1.11 bits per heavy atom. The van der Waals surface area contributed by atoms with Gasteiger partial charge in [-0.2, -0.15) is 0 Å². The van der Waals surface area contributed by atoms with Crippen molar-refractivity contribution < 1.29 is 0 Å². The Hall–Kier alpha value is 0. The summed E-state index contributed by atoms with van der Waals surface area (Å²) in [6.07, 6.45) is 17.2. The molecule has 0 amide bonds. The van der Waals surface area contributed by atoms with Gasteiger partial charge in [0.05, 0.1) is 0 Å². The summed E-state index contributed by atoms with van der Waals surface area (Å²) in [6.45, 7) is 9.48. The van der Waals surface area contributed by atoms with Gasteiger partial charge < -0.3 is 0 Å². The summed E-state index contributed by atoms with van der Waals surface area (Å²) in [6, 6.07) is 0. The van der Waals surface area contributed by atoms with E-state index < -0.39 is 0 Å². The highest BCUT2D eigenvalue weighted by atomic mass is 14.2. The highest BCUT2D eigenvalue weighted by Crippen LogP contribution is 2.27. The van der Waals surface area contributed by atoms with E-state index >= 15 is 0 Å². The number of rotatable bonds is 13. The zero-order valence-corrected chi connectivity index (χ0v) is 13.6. The Balaban J connectivity index is 3.58. The molecule has 0 saturated carbocycles. The second-order valence-corrected chi connectivity index (χ2v) is 6.20. The minimum atomic E-state index is 0.957. The summed E-state index contributed by atoms with van der Waals surface area (Å²) in [5.74, 6) is 1.95. The molecule has 2 unspecified atom stereocenters. The first-order valence-electron chi connectivity index (χ1n) is 8.76.